The average molecular weight is 313 g/mol. The predicted octanol–water partition coefficient (Wildman–Crippen LogP) is 2.98. The molecule has 0 saturated carbocycles. The first kappa shape index (κ1) is 15.6. The highest BCUT2D eigenvalue weighted by Crippen LogP contribution is 2.24. The van der Waals surface area contributed by atoms with Crippen LogP contribution in [-0.2, 0) is 0 Å². The summed E-state index contributed by atoms with van der Waals surface area (Å²) in [6.07, 6.45) is 2.95. The molecule has 0 atom stereocenters. The fourth-order valence-corrected chi connectivity index (χ4v) is 2.90. The number of carbonyl (C=O) groups is 1. The molecule has 0 aliphatic carbocycles. The number of benzene rings is 1. The lowest BCUT2D eigenvalue weighted by Gasteiger charge is -2.35. The van der Waals surface area contributed by atoms with Gasteiger partial charge in [-0.1, -0.05) is 6.92 Å². The van der Waals surface area contributed by atoms with Crippen LogP contribution in [0.25, 0.3) is 0 Å². The molecule has 1 fully saturated rings. The maximum atomic E-state index is 12.1. The lowest BCUT2D eigenvalue weighted by molar-refractivity contribution is 0.102. The van der Waals surface area contributed by atoms with E-state index in [0.717, 1.165) is 44.0 Å². The Balaban J connectivity index is 1.67. The molecule has 2 heterocycles. The fourth-order valence-electron chi connectivity index (χ4n) is 2.90. The Morgan fingerprint density at radius 2 is 2.00 bits per heavy atom. The summed E-state index contributed by atoms with van der Waals surface area (Å²) in [6, 6.07) is 7.87. The second kappa shape index (κ2) is 6.87. The number of amides is 1. The van der Waals surface area contributed by atoms with Crippen molar-refractivity contribution in [2.75, 3.05) is 42.9 Å². The van der Waals surface area contributed by atoms with Crippen molar-refractivity contribution in [3.8, 4) is 0 Å². The molecule has 1 aromatic carbocycles. The number of nitrogens with zero attached hydrogens (tertiary/aromatic N) is 2. The minimum atomic E-state index is -0.147. The van der Waals surface area contributed by atoms with E-state index in [1.54, 1.807) is 6.07 Å². The van der Waals surface area contributed by atoms with Gasteiger partial charge in [-0.3, -0.25) is 4.79 Å². The van der Waals surface area contributed by atoms with Gasteiger partial charge < -0.3 is 19.5 Å². The topological polar surface area (TPSA) is 48.7 Å². The molecule has 1 aliphatic heterocycles. The number of rotatable bonds is 4. The Labute approximate surface area is 136 Å². The number of anilines is 2. The van der Waals surface area contributed by atoms with Crippen LogP contribution < -0.4 is 10.2 Å². The molecule has 23 heavy (non-hydrogen) atoms. The third kappa shape index (κ3) is 3.56. The van der Waals surface area contributed by atoms with Crippen LogP contribution in [0.4, 0.5) is 11.4 Å². The van der Waals surface area contributed by atoms with Crippen LogP contribution in [0.15, 0.2) is 41.2 Å². The summed E-state index contributed by atoms with van der Waals surface area (Å²) in [5.74, 6) is -0.147. The van der Waals surface area contributed by atoms with Gasteiger partial charge >= 0.3 is 0 Å². The van der Waals surface area contributed by atoms with E-state index in [4.69, 9.17) is 4.42 Å². The molecule has 1 amide bonds. The molecule has 3 rings (SSSR count). The van der Waals surface area contributed by atoms with Crippen molar-refractivity contribution in [1.29, 1.82) is 0 Å². The van der Waals surface area contributed by atoms with Gasteiger partial charge in [-0.15, -0.1) is 0 Å². The molecule has 0 spiro atoms. The first-order valence-corrected chi connectivity index (χ1v) is 8.09. The zero-order valence-corrected chi connectivity index (χ0v) is 13.7. The number of hydrogen-bond acceptors (Lipinski definition) is 4. The number of furan rings is 1. The van der Waals surface area contributed by atoms with Gasteiger partial charge in [-0.25, -0.2) is 0 Å². The van der Waals surface area contributed by atoms with Crippen molar-refractivity contribution in [3.05, 3.63) is 47.9 Å². The minimum absolute atomic E-state index is 0.147. The van der Waals surface area contributed by atoms with Crippen molar-refractivity contribution in [1.82, 2.24) is 4.90 Å². The lowest BCUT2D eigenvalue weighted by atomic mass is 10.1. The molecule has 1 aromatic heterocycles. The van der Waals surface area contributed by atoms with E-state index < -0.39 is 0 Å². The highest BCUT2D eigenvalue weighted by Gasteiger charge is 2.16. The highest BCUT2D eigenvalue weighted by atomic mass is 16.3. The smallest absolute Gasteiger partial charge is 0.258 e. The number of aryl methyl sites for hydroxylation is 1. The zero-order chi connectivity index (χ0) is 16.2. The van der Waals surface area contributed by atoms with Crippen molar-refractivity contribution in [2.24, 2.45) is 0 Å². The highest BCUT2D eigenvalue weighted by molar-refractivity contribution is 6.04. The van der Waals surface area contributed by atoms with Crippen LogP contribution in [0.2, 0.25) is 0 Å². The summed E-state index contributed by atoms with van der Waals surface area (Å²) in [4.78, 5) is 17.0. The lowest BCUT2D eigenvalue weighted by Crippen LogP contribution is -2.46. The van der Waals surface area contributed by atoms with Gasteiger partial charge in [0.05, 0.1) is 11.8 Å². The van der Waals surface area contributed by atoms with E-state index in [9.17, 15) is 4.79 Å². The monoisotopic (exact) mass is 313 g/mol. The molecular formula is C18H23N3O2. The second-order valence-electron chi connectivity index (χ2n) is 5.89. The quantitative estimate of drug-likeness (QED) is 0.943. The Hall–Kier alpha value is -2.27. The van der Waals surface area contributed by atoms with Crippen molar-refractivity contribution < 1.29 is 9.21 Å². The van der Waals surface area contributed by atoms with Gasteiger partial charge in [0.25, 0.3) is 5.91 Å². The number of nitrogens with one attached hydrogen (secondary N) is 1. The summed E-state index contributed by atoms with van der Waals surface area (Å²) in [5, 5.41) is 2.93. The summed E-state index contributed by atoms with van der Waals surface area (Å²) in [6.45, 7) is 9.66. The number of carbonyl (C=O) groups excluding carboxylic acids is 1. The van der Waals surface area contributed by atoms with Gasteiger partial charge in [0.1, 0.15) is 6.26 Å². The Bertz CT molecular complexity index is 659. The summed E-state index contributed by atoms with van der Waals surface area (Å²) >= 11 is 0. The van der Waals surface area contributed by atoms with Crippen molar-refractivity contribution in [2.45, 2.75) is 13.8 Å². The van der Waals surface area contributed by atoms with Crippen LogP contribution in [0.5, 0.6) is 0 Å². The Kier molecular flexibility index (Phi) is 4.67. The summed E-state index contributed by atoms with van der Waals surface area (Å²) < 4.78 is 4.95. The van der Waals surface area contributed by atoms with Crippen LogP contribution in [-0.4, -0.2) is 43.5 Å². The molecule has 0 bridgehead atoms. The van der Waals surface area contributed by atoms with Crippen LogP contribution >= 0.6 is 0 Å². The maximum Gasteiger partial charge on any atom is 0.258 e. The molecular weight excluding hydrogens is 290 g/mol. The third-order valence-electron chi connectivity index (χ3n) is 4.43. The van der Waals surface area contributed by atoms with E-state index in [1.807, 2.05) is 13.0 Å². The molecule has 1 N–H and O–H groups in total. The SMILES string of the molecule is CCN1CCN(c2ccc(NC(=O)c3ccoc3)c(C)c2)CC1. The van der Waals surface area contributed by atoms with Gasteiger partial charge in [0.15, 0.2) is 0 Å². The second-order valence-corrected chi connectivity index (χ2v) is 5.89. The Morgan fingerprint density at radius 3 is 2.61 bits per heavy atom. The van der Waals surface area contributed by atoms with E-state index in [0.29, 0.717) is 5.56 Å². The van der Waals surface area contributed by atoms with E-state index in [-0.39, 0.29) is 5.91 Å². The number of likely N-dealkylation sites (N-methyl/N-ethyl adjacent to an activating group) is 1. The standard InChI is InChI=1S/C18H23N3O2/c1-3-20-7-9-21(10-8-20)16-4-5-17(14(2)12-16)19-18(22)15-6-11-23-13-15/h4-6,11-13H,3,7-10H2,1-2H3,(H,19,22). The first-order chi connectivity index (χ1) is 11.2. The van der Waals surface area contributed by atoms with Crippen molar-refractivity contribution in [3.63, 3.8) is 0 Å². The number of piperazine rings is 1. The molecule has 0 unspecified atom stereocenters. The largest absolute Gasteiger partial charge is 0.472 e. The van der Waals surface area contributed by atoms with Gasteiger partial charge in [0, 0.05) is 37.6 Å². The molecule has 1 saturated heterocycles. The zero-order valence-electron chi connectivity index (χ0n) is 13.7. The summed E-state index contributed by atoms with van der Waals surface area (Å²) in [5.41, 5.74) is 3.66. The maximum absolute atomic E-state index is 12.1. The number of hydrogen-bond donors (Lipinski definition) is 1. The molecule has 0 radical (unpaired) electrons. The van der Waals surface area contributed by atoms with Crippen LogP contribution in [0.1, 0.15) is 22.8 Å². The molecule has 5 nitrogen and oxygen atoms in total. The fraction of sp³-hybridized carbons (Fsp3) is 0.389. The van der Waals surface area contributed by atoms with Gasteiger partial charge in [0.2, 0.25) is 0 Å². The van der Waals surface area contributed by atoms with E-state index in [2.05, 4.69) is 34.2 Å². The Morgan fingerprint density at radius 1 is 1.22 bits per heavy atom. The average Bonchev–Trinajstić information content (AvgIpc) is 3.11. The first-order valence-electron chi connectivity index (χ1n) is 8.09. The third-order valence-corrected chi connectivity index (χ3v) is 4.43. The molecule has 2 aromatic rings. The minimum Gasteiger partial charge on any atom is -0.472 e. The molecule has 1 aliphatic rings. The van der Waals surface area contributed by atoms with Crippen LogP contribution in [0, 0.1) is 6.92 Å². The normalized spacial score (nSPS) is 15.7. The van der Waals surface area contributed by atoms with Crippen molar-refractivity contribution >= 4 is 17.3 Å². The van der Waals surface area contributed by atoms with E-state index >= 15 is 0 Å². The van der Waals surface area contributed by atoms with Gasteiger partial charge in [-0.2, -0.15) is 0 Å². The molecule has 5 heteroatoms. The van der Waals surface area contributed by atoms with Gasteiger partial charge in [-0.05, 0) is 43.3 Å². The molecule has 122 valence electrons. The van der Waals surface area contributed by atoms with Crippen LogP contribution in [0.3, 0.4) is 0 Å². The van der Waals surface area contributed by atoms with E-state index in [1.165, 1.54) is 18.2 Å². The summed E-state index contributed by atoms with van der Waals surface area (Å²) in [7, 11) is 0. The predicted molar refractivity (Wildman–Crippen MR) is 92.2 cm³/mol.